The van der Waals surface area contributed by atoms with Crippen molar-refractivity contribution in [3.05, 3.63) is 74.8 Å². The van der Waals surface area contributed by atoms with Crippen LogP contribution in [0.4, 0.5) is 0 Å². The van der Waals surface area contributed by atoms with Gasteiger partial charge >= 0.3 is 0 Å². The summed E-state index contributed by atoms with van der Waals surface area (Å²) < 4.78 is 1.90. The average molecular weight is 422 g/mol. The lowest BCUT2D eigenvalue weighted by molar-refractivity contribution is 0.0891. The summed E-state index contributed by atoms with van der Waals surface area (Å²) in [5.74, 6) is 0.967. The van der Waals surface area contributed by atoms with Crippen LogP contribution in [0.15, 0.2) is 53.3 Å². The van der Waals surface area contributed by atoms with Gasteiger partial charge in [-0.25, -0.2) is 0 Å². The molecule has 1 aliphatic carbocycles. The van der Waals surface area contributed by atoms with Crippen molar-refractivity contribution in [3.8, 4) is 0 Å². The molecule has 156 valence electrons. The molecular formula is C24H27N3O2S. The van der Waals surface area contributed by atoms with E-state index in [4.69, 9.17) is 12.2 Å². The molecule has 6 heteroatoms. The van der Waals surface area contributed by atoms with Gasteiger partial charge in [0.15, 0.2) is 4.77 Å². The second-order valence-corrected chi connectivity index (χ2v) is 8.80. The number of nitrogens with one attached hydrogen (secondary N) is 2. The Hall–Kier alpha value is -2.73. The molecule has 30 heavy (non-hydrogen) atoms. The third kappa shape index (κ3) is 4.10. The van der Waals surface area contributed by atoms with Gasteiger partial charge < -0.3 is 10.3 Å². The molecule has 1 fully saturated rings. The van der Waals surface area contributed by atoms with Crippen LogP contribution in [0.2, 0.25) is 0 Å². The van der Waals surface area contributed by atoms with Crippen LogP contribution in [0.3, 0.4) is 0 Å². The highest BCUT2D eigenvalue weighted by Crippen LogP contribution is 2.29. The standard InChI is InChI=1S/C24H27N3O2S/c1-15-7-6-10-20(16(15)2)25-22(28)18-11-12-19-21(13-18)26-24(30)27(23(19)29)14-17-8-4-3-5-9-17/h3-5,8-9,11-13,15-16,20H,6-7,10,14H2,1-2H3,(H,25,28)(H,26,30). The maximum absolute atomic E-state index is 13.0. The molecule has 3 unspecified atom stereocenters. The van der Waals surface area contributed by atoms with E-state index in [1.165, 1.54) is 6.42 Å². The molecule has 4 rings (SSSR count). The third-order valence-corrected chi connectivity index (χ3v) is 6.77. The van der Waals surface area contributed by atoms with Crippen LogP contribution >= 0.6 is 12.2 Å². The molecule has 2 aromatic carbocycles. The first-order valence-corrected chi connectivity index (χ1v) is 11.0. The summed E-state index contributed by atoms with van der Waals surface area (Å²) in [7, 11) is 0. The maximum atomic E-state index is 13.0. The second-order valence-electron chi connectivity index (χ2n) is 8.41. The summed E-state index contributed by atoms with van der Waals surface area (Å²) in [6.07, 6.45) is 3.37. The summed E-state index contributed by atoms with van der Waals surface area (Å²) in [5, 5.41) is 3.71. The molecule has 0 saturated heterocycles. The van der Waals surface area contributed by atoms with E-state index >= 15 is 0 Å². The van der Waals surface area contributed by atoms with E-state index in [0.717, 1.165) is 18.4 Å². The maximum Gasteiger partial charge on any atom is 0.262 e. The fourth-order valence-electron chi connectivity index (χ4n) is 4.34. The summed E-state index contributed by atoms with van der Waals surface area (Å²) in [5.41, 5.74) is 1.98. The Kier molecular flexibility index (Phi) is 5.86. The van der Waals surface area contributed by atoms with Crippen LogP contribution in [0.5, 0.6) is 0 Å². The highest BCUT2D eigenvalue weighted by molar-refractivity contribution is 7.71. The Balaban J connectivity index is 1.62. The van der Waals surface area contributed by atoms with Gasteiger partial charge in [0.2, 0.25) is 0 Å². The summed E-state index contributed by atoms with van der Waals surface area (Å²) in [4.78, 5) is 29.0. The Morgan fingerprint density at radius 3 is 2.70 bits per heavy atom. The highest BCUT2D eigenvalue weighted by atomic mass is 32.1. The lowest BCUT2D eigenvalue weighted by Gasteiger charge is -2.34. The first-order valence-electron chi connectivity index (χ1n) is 10.6. The molecule has 0 aliphatic heterocycles. The molecule has 3 atom stereocenters. The van der Waals surface area contributed by atoms with Gasteiger partial charge in [0.25, 0.3) is 11.5 Å². The van der Waals surface area contributed by atoms with Crippen LogP contribution in [-0.4, -0.2) is 21.5 Å². The van der Waals surface area contributed by atoms with Gasteiger partial charge in [0, 0.05) is 11.6 Å². The molecule has 0 spiro atoms. The number of carbonyl (C=O) groups excluding carboxylic acids is 1. The van der Waals surface area contributed by atoms with Crippen molar-refractivity contribution in [3.63, 3.8) is 0 Å². The summed E-state index contributed by atoms with van der Waals surface area (Å²) in [6.45, 7) is 4.87. The number of rotatable bonds is 4. The quantitative estimate of drug-likeness (QED) is 0.602. The van der Waals surface area contributed by atoms with Crippen molar-refractivity contribution in [2.45, 2.75) is 45.7 Å². The summed E-state index contributed by atoms with van der Waals surface area (Å²) >= 11 is 5.44. The molecule has 1 heterocycles. The molecule has 1 aliphatic rings. The number of fused-ring (bicyclic) bond motifs is 1. The van der Waals surface area contributed by atoms with E-state index in [9.17, 15) is 9.59 Å². The normalized spacial score (nSPS) is 21.5. The fourth-order valence-corrected chi connectivity index (χ4v) is 4.60. The zero-order valence-electron chi connectivity index (χ0n) is 17.4. The van der Waals surface area contributed by atoms with Crippen molar-refractivity contribution in [2.24, 2.45) is 11.8 Å². The number of amides is 1. The highest BCUT2D eigenvalue weighted by Gasteiger charge is 2.28. The average Bonchev–Trinajstić information content (AvgIpc) is 2.74. The van der Waals surface area contributed by atoms with E-state index < -0.39 is 0 Å². The third-order valence-electron chi connectivity index (χ3n) is 6.45. The summed E-state index contributed by atoms with van der Waals surface area (Å²) in [6, 6.07) is 15.1. The molecule has 0 radical (unpaired) electrons. The monoisotopic (exact) mass is 421 g/mol. The minimum atomic E-state index is -0.153. The molecule has 0 bridgehead atoms. The first-order chi connectivity index (χ1) is 14.4. The van der Waals surface area contributed by atoms with Crippen LogP contribution in [0, 0.1) is 16.6 Å². The molecule has 3 aromatic rings. The Labute approximate surface area is 181 Å². The largest absolute Gasteiger partial charge is 0.349 e. The van der Waals surface area contributed by atoms with Gasteiger partial charge in [-0.1, -0.05) is 57.0 Å². The Morgan fingerprint density at radius 2 is 1.93 bits per heavy atom. The number of aromatic nitrogens is 2. The zero-order chi connectivity index (χ0) is 21.3. The van der Waals surface area contributed by atoms with Crippen LogP contribution in [0.25, 0.3) is 10.9 Å². The number of aromatic amines is 1. The van der Waals surface area contributed by atoms with Gasteiger partial charge in [0.05, 0.1) is 17.4 Å². The number of hydrogen-bond acceptors (Lipinski definition) is 3. The van der Waals surface area contributed by atoms with Crippen molar-refractivity contribution >= 4 is 29.0 Å². The number of benzene rings is 2. The smallest absolute Gasteiger partial charge is 0.262 e. The molecule has 1 amide bonds. The predicted octanol–water partition coefficient (Wildman–Crippen LogP) is 4.66. The van der Waals surface area contributed by atoms with Gasteiger partial charge in [-0.05, 0) is 54.2 Å². The predicted molar refractivity (Wildman–Crippen MR) is 122 cm³/mol. The Morgan fingerprint density at radius 1 is 1.17 bits per heavy atom. The van der Waals surface area contributed by atoms with Crippen molar-refractivity contribution in [1.82, 2.24) is 14.9 Å². The van der Waals surface area contributed by atoms with Crippen molar-refractivity contribution in [2.75, 3.05) is 0 Å². The van der Waals surface area contributed by atoms with E-state index in [2.05, 4.69) is 24.1 Å². The molecule has 5 nitrogen and oxygen atoms in total. The first kappa shape index (κ1) is 20.5. The van der Waals surface area contributed by atoms with Crippen molar-refractivity contribution in [1.29, 1.82) is 0 Å². The van der Waals surface area contributed by atoms with E-state index in [1.807, 2.05) is 30.3 Å². The zero-order valence-corrected chi connectivity index (χ0v) is 18.2. The van der Waals surface area contributed by atoms with Crippen LogP contribution < -0.4 is 10.9 Å². The molecule has 1 saturated carbocycles. The minimum absolute atomic E-state index is 0.101. The van der Waals surface area contributed by atoms with E-state index in [0.29, 0.717) is 39.6 Å². The van der Waals surface area contributed by atoms with E-state index in [1.54, 1.807) is 22.8 Å². The molecular weight excluding hydrogens is 394 g/mol. The number of H-pyrrole nitrogens is 1. The number of nitrogens with zero attached hydrogens (tertiary/aromatic N) is 1. The van der Waals surface area contributed by atoms with Crippen LogP contribution in [-0.2, 0) is 6.54 Å². The van der Waals surface area contributed by atoms with E-state index in [-0.39, 0.29) is 17.5 Å². The lowest BCUT2D eigenvalue weighted by atomic mass is 9.78. The lowest BCUT2D eigenvalue weighted by Crippen LogP contribution is -2.43. The SMILES string of the molecule is CC1CCCC(NC(=O)c2ccc3c(=O)n(Cc4ccccc4)c(=S)[nH]c3c2)C1C. The number of carbonyl (C=O) groups is 1. The topological polar surface area (TPSA) is 66.9 Å². The Bertz CT molecular complexity index is 1180. The van der Waals surface area contributed by atoms with Gasteiger partial charge in [-0.2, -0.15) is 0 Å². The fraction of sp³-hybridized carbons (Fsp3) is 0.375. The van der Waals surface area contributed by atoms with Gasteiger partial charge in [-0.15, -0.1) is 0 Å². The minimum Gasteiger partial charge on any atom is -0.349 e. The molecule has 1 aromatic heterocycles. The number of hydrogen-bond donors (Lipinski definition) is 2. The van der Waals surface area contributed by atoms with Gasteiger partial charge in [0.1, 0.15) is 0 Å². The molecule has 2 N–H and O–H groups in total. The van der Waals surface area contributed by atoms with Crippen molar-refractivity contribution < 1.29 is 4.79 Å². The van der Waals surface area contributed by atoms with Crippen LogP contribution in [0.1, 0.15) is 49.0 Å². The second kappa shape index (κ2) is 8.56. The van der Waals surface area contributed by atoms with Gasteiger partial charge in [-0.3, -0.25) is 14.2 Å².